The van der Waals surface area contributed by atoms with E-state index in [1.165, 1.54) is 6.21 Å². The van der Waals surface area contributed by atoms with Gasteiger partial charge in [-0.2, -0.15) is 5.10 Å². The molecule has 0 heterocycles. The highest BCUT2D eigenvalue weighted by molar-refractivity contribution is 6.30. The van der Waals surface area contributed by atoms with Gasteiger partial charge in [-0.1, -0.05) is 47.5 Å². The Labute approximate surface area is 179 Å². The molecule has 0 aromatic heterocycles. The largest absolute Gasteiger partial charge is 0.483 e. The Bertz CT molecular complexity index is 1050. The second kappa shape index (κ2) is 10.2. The molecule has 0 aliphatic carbocycles. The highest BCUT2D eigenvalue weighted by atomic mass is 35.5. The Morgan fingerprint density at radius 3 is 2.50 bits per heavy atom. The highest BCUT2D eigenvalue weighted by Crippen LogP contribution is 2.21. The van der Waals surface area contributed by atoms with E-state index in [1.54, 1.807) is 42.5 Å². The third-order valence-corrected chi connectivity index (χ3v) is 4.31. The molecule has 0 saturated heterocycles. The molecule has 0 radical (unpaired) electrons. The number of anilines is 1. The minimum absolute atomic E-state index is 0.188. The normalized spacial score (nSPS) is 10.6. The summed E-state index contributed by atoms with van der Waals surface area (Å²) < 4.78 is 5.62. The molecule has 0 saturated carbocycles. The molecule has 3 aromatic carbocycles. The van der Waals surface area contributed by atoms with E-state index in [1.807, 2.05) is 37.3 Å². The van der Waals surface area contributed by atoms with Crippen LogP contribution in [-0.2, 0) is 4.79 Å². The number of hydrogen-bond donors (Lipinski definition) is 2. The van der Waals surface area contributed by atoms with Crippen molar-refractivity contribution in [1.82, 2.24) is 5.43 Å². The van der Waals surface area contributed by atoms with Crippen molar-refractivity contribution < 1.29 is 14.3 Å². The first-order chi connectivity index (χ1) is 14.5. The molecule has 7 heteroatoms. The van der Waals surface area contributed by atoms with Crippen LogP contribution in [0.4, 0.5) is 5.69 Å². The lowest BCUT2D eigenvalue weighted by molar-refractivity contribution is -0.118. The standard InChI is InChI=1S/C23H20ClN3O3/c1-16-7-10-20(11-8-16)26-22(28)15-30-21-12-9-19(24)13-18(21)14-25-27-23(29)17-5-3-2-4-6-17/h2-14H,15H2,1H3,(H,26,28)(H,27,29)/b25-14+. The van der Waals surface area contributed by atoms with E-state index in [4.69, 9.17) is 16.3 Å². The molecule has 2 N–H and O–H groups in total. The van der Waals surface area contributed by atoms with Gasteiger partial charge in [0, 0.05) is 21.8 Å². The lowest BCUT2D eigenvalue weighted by Gasteiger charge is -2.10. The molecular formula is C23H20ClN3O3. The van der Waals surface area contributed by atoms with Crippen molar-refractivity contribution in [3.63, 3.8) is 0 Å². The number of halogens is 1. The van der Waals surface area contributed by atoms with Crippen molar-refractivity contribution in [2.75, 3.05) is 11.9 Å². The number of hydrazone groups is 1. The minimum Gasteiger partial charge on any atom is -0.483 e. The van der Waals surface area contributed by atoms with E-state index in [2.05, 4.69) is 15.8 Å². The number of nitrogens with one attached hydrogen (secondary N) is 2. The van der Waals surface area contributed by atoms with Crippen LogP contribution in [0.5, 0.6) is 5.75 Å². The van der Waals surface area contributed by atoms with Crippen LogP contribution >= 0.6 is 11.6 Å². The first kappa shape index (κ1) is 21.1. The SMILES string of the molecule is Cc1ccc(NC(=O)COc2ccc(Cl)cc2/C=N/NC(=O)c2ccccc2)cc1. The van der Waals surface area contributed by atoms with Gasteiger partial charge >= 0.3 is 0 Å². The fraction of sp³-hybridized carbons (Fsp3) is 0.0870. The number of aryl methyl sites for hydroxylation is 1. The maximum absolute atomic E-state index is 12.2. The topological polar surface area (TPSA) is 79.8 Å². The van der Waals surface area contributed by atoms with Crippen molar-refractivity contribution in [3.8, 4) is 5.75 Å². The number of ether oxygens (including phenoxy) is 1. The average Bonchev–Trinajstić information content (AvgIpc) is 2.75. The fourth-order valence-electron chi connectivity index (χ4n) is 2.54. The lowest BCUT2D eigenvalue weighted by atomic mass is 10.2. The predicted octanol–water partition coefficient (Wildman–Crippen LogP) is 4.43. The Balaban J connectivity index is 1.61. The van der Waals surface area contributed by atoms with Crippen LogP contribution in [0.2, 0.25) is 5.02 Å². The molecule has 0 fully saturated rings. The zero-order valence-electron chi connectivity index (χ0n) is 16.3. The summed E-state index contributed by atoms with van der Waals surface area (Å²) in [5, 5.41) is 7.20. The molecule has 0 bridgehead atoms. The van der Waals surface area contributed by atoms with Gasteiger partial charge in [0.05, 0.1) is 6.21 Å². The van der Waals surface area contributed by atoms with E-state index in [0.29, 0.717) is 27.6 Å². The summed E-state index contributed by atoms with van der Waals surface area (Å²) >= 11 is 6.05. The molecule has 0 aliphatic rings. The maximum atomic E-state index is 12.2. The molecule has 0 spiro atoms. The van der Waals surface area contributed by atoms with Gasteiger partial charge in [0.25, 0.3) is 11.8 Å². The zero-order valence-corrected chi connectivity index (χ0v) is 17.0. The number of nitrogens with zero attached hydrogens (tertiary/aromatic N) is 1. The number of carbonyl (C=O) groups excluding carboxylic acids is 2. The molecule has 6 nitrogen and oxygen atoms in total. The van der Waals surface area contributed by atoms with Crippen LogP contribution in [0.15, 0.2) is 77.9 Å². The van der Waals surface area contributed by atoms with Crippen LogP contribution < -0.4 is 15.5 Å². The van der Waals surface area contributed by atoms with Gasteiger partial charge in [0.2, 0.25) is 0 Å². The van der Waals surface area contributed by atoms with Crippen molar-refractivity contribution in [1.29, 1.82) is 0 Å². The van der Waals surface area contributed by atoms with Gasteiger partial charge in [0.1, 0.15) is 5.75 Å². The van der Waals surface area contributed by atoms with Gasteiger partial charge in [-0.25, -0.2) is 5.43 Å². The molecule has 0 atom stereocenters. The Morgan fingerprint density at radius 1 is 1.03 bits per heavy atom. The summed E-state index contributed by atoms with van der Waals surface area (Å²) in [6.07, 6.45) is 1.42. The van der Waals surface area contributed by atoms with Crippen molar-refractivity contribution >= 4 is 35.3 Å². The molecule has 30 heavy (non-hydrogen) atoms. The fourth-order valence-corrected chi connectivity index (χ4v) is 2.72. The number of amides is 2. The van der Waals surface area contributed by atoms with E-state index in [0.717, 1.165) is 5.56 Å². The Morgan fingerprint density at radius 2 is 1.77 bits per heavy atom. The smallest absolute Gasteiger partial charge is 0.271 e. The molecule has 152 valence electrons. The van der Waals surface area contributed by atoms with Gasteiger partial charge in [0.15, 0.2) is 6.61 Å². The Hall–Kier alpha value is -3.64. The highest BCUT2D eigenvalue weighted by Gasteiger charge is 2.08. The van der Waals surface area contributed by atoms with Crippen molar-refractivity contribution in [2.24, 2.45) is 5.10 Å². The van der Waals surface area contributed by atoms with Gasteiger partial charge < -0.3 is 10.1 Å². The lowest BCUT2D eigenvalue weighted by Crippen LogP contribution is -2.20. The van der Waals surface area contributed by atoms with Crippen LogP contribution in [-0.4, -0.2) is 24.6 Å². The summed E-state index contributed by atoms with van der Waals surface area (Å²) in [6, 6.07) is 21.1. The minimum atomic E-state index is -0.339. The zero-order chi connectivity index (χ0) is 21.3. The van der Waals surface area contributed by atoms with E-state index < -0.39 is 0 Å². The van der Waals surface area contributed by atoms with Gasteiger partial charge in [-0.3, -0.25) is 9.59 Å². The summed E-state index contributed by atoms with van der Waals surface area (Å²) in [6.45, 7) is 1.79. The van der Waals surface area contributed by atoms with E-state index in [-0.39, 0.29) is 18.4 Å². The molecule has 0 aliphatic heterocycles. The van der Waals surface area contributed by atoms with Crippen molar-refractivity contribution in [3.05, 3.63) is 94.5 Å². The molecule has 0 unspecified atom stereocenters. The van der Waals surface area contributed by atoms with Crippen LogP contribution in [0.25, 0.3) is 0 Å². The monoisotopic (exact) mass is 421 g/mol. The molecular weight excluding hydrogens is 402 g/mol. The summed E-state index contributed by atoms with van der Waals surface area (Å²) in [5.41, 5.74) is 5.26. The van der Waals surface area contributed by atoms with E-state index >= 15 is 0 Å². The summed E-state index contributed by atoms with van der Waals surface area (Å²) in [5.74, 6) is -0.223. The molecule has 3 rings (SSSR count). The molecule has 3 aromatic rings. The summed E-state index contributed by atoms with van der Waals surface area (Å²) in [7, 11) is 0. The summed E-state index contributed by atoms with van der Waals surface area (Å²) in [4.78, 5) is 24.2. The van der Waals surface area contributed by atoms with E-state index in [9.17, 15) is 9.59 Å². The first-order valence-corrected chi connectivity index (χ1v) is 9.56. The van der Waals surface area contributed by atoms with Crippen LogP contribution in [0.3, 0.4) is 0 Å². The Kier molecular flexibility index (Phi) is 7.19. The second-order valence-corrected chi connectivity index (χ2v) is 6.89. The van der Waals surface area contributed by atoms with Gasteiger partial charge in [-0.15, -0.1) is 0 Å². The van der Waals surface area contributed by atoms with Crippen molar-refractivity contribution in [2.45, 2.75) is 6.92 Å². The third-order valence-electron chi connectivity index (χ3n) is 4.07. The quantitative estimate of drug-likeness (QED) is 0.437. The van der Waals surface area contributed by atoms with Gasteiger partial charge in [-0.05, 0) is 49.4 Å². The third kappa shape index (κ3) is 6.18. The number of rotatable bonds is 7. The number of hydrogen-bond acceptors (Lipinski definition) is 4. The number of benzene rings is 3. The number of carbonyl (C=O) groups is 2. The molecule has 2 amide bonds. The van der Waals surface area contributed by atoms with Crippen LogP contribution in [0.1, 0.15) is 21.5 Å². The maximum Gasteiger partial charge on any atom is 0.271 e. The predicted molar refractivity (Wildman–Crippen MR) is 118 cm³/mol. The first-order valence-electron chi connectivity index (χ1n) is 9.18. The second-order valence-electron chi connectivity index (χ2n) is 6.45. The van der Waals surface area contributed by atoms with Crippen LogP contribution in [0, 0.1) is 6.92 Å². The average molecular weight is 422 g/mol.